The Morgan fingerprint density at radius 1 is 1.16 bits per heavy atom. The number of halogens is 3. The van der Waals surface area contributed by atoms with Crippen LogP contribution in [-0.4, -0.2) is 9.55 Å². The van der Waals surface area contributed by atoms with Gasteiger partial charge in [-0.1, -0.05) is 22.0 Å². The second-order valence-corrected chi connectivity index (χ2v) is 6.19. The first-order chi connectivity index (χ1) is 9.06. The van der Waals surface area contributed by atoms with E-state index in [0.29, 0.717) is 14.8 Å². The first-order valence-electron chi connectivity index (χ1n) is 5.42. The van der Waals surface area contributed by atoms with Gasteiger partial charge in [0.25, 0.3) is 0 Å². The highest BCUT2D eigenvalue weighted by molar-refractivity contribution is 9.10. The lowest BCUT2D eigenvalue weighted by molar-refractivity contribution is 0.623. The first kappa shape index (κ1) is 13.0. The Bertz CT molecular complexity index is 838. The molecule has 0 aliphatic heterocycles. The summed E-state index contributed by atoms with van der Waals surface area (Å²) < 4.78 is 17.3. The Kier molecular flexibility index (Phi) is 3.32. The van der Waals surface area contributed by atoms with E-state index in [1.807, 2.05) is 28.8 Å². The molecule has 0 saturated carbocycles. The summed E-state index contributed by atoms with van der Waals surface area (Å²) in [7, 11) is 0. The molecule has 0 radical (unpaired) electrons. The van der Waals surface area contributed by atoms with Crippen molar-refractivity contribution in [3.05, 3.63) is 55.9 Å². The van der Waals surface area contributed by atoms with Crippen molar-refractivity contribution in [3.8, 4) is 5.69 Å². The van der Waals surface area contributed by atoms with Crippen LogP contribution >= 0.6 is 44.1 Å². The summed E-state index contributed by atoms with van der Waals surface area (Å²) in [6, 6.07) is 10.9. The molecule has 0 aliphatic carbocycles. The van der Waals surface area contributed by atoms with Crippen LogP contribution in [0.2, 0.25) is 0 Å². The Balaban J connectivity index is 2.38. The van der Waals surface area contributed by atoms with Crippen LogP contribution in [-0.2, 0) is 0 Å². The number of H-pyrrole nitrogens is 1. The molecular formula is C13H7Br2FN2S. The molecule has 1 N–H and O–H groups in total. The molecule has 3 aromatic rings. The van der Waals surface area contributed by atoms with E-state index in [1.165, 1.54) is 6.07 Å². The van der Waals surface area contributed by atoms with Gasteiger partial charge in [0, 0.05) is 16.2 Å². The zero-order valence-electron chi connectivity index (χ0n) is 9.45. The second kappa shape index (κ2) is 4.85. The predicted molar refractivity (Wildman–Crippen MR) is 83.8 cm³/mol. The number of nitrogens with one attached hydrogen (secondary N) is 1. The minimum atomic E-state index is -0.315. The average molecular weight is 402 g/mol. The summed E-state index contributed by atoms with van der Waals surface area (Å²) in [5, 5.41) is 0. The van der Waals surface area contributed by atoms with Crippen molar-refractivity contribution in [2.45, 2.75) is 0 Å². The Hall–Kier alpha value is -0.980. The monoisotopic (exact) mass is 400 g/mol. The largest absolute Gasteiger partial charge is 0.330 e. The fraction of sp³-hybridized carbons (Fsp3) is 0. The Morgan fingerprint density at radius 3 is 2.68 bits per heavy atom. The van der Waals surface area contributed by atoms with Gasteiger partial charge in [0.15, 0.2) is 4.77 Å². The molecule has 0 unspecified atom stereocenters. The molecule has 6 heteroatoms. The normalized spacial score (nSPS) is 11.1. The summed E-state index contributed by atoms with van der Waals surface area (Å²) in [4.78, 5) is 3.01. The molecule has 0 spiro atoms. The molecule has 0 aliphatic rings. The molecular weight excluding hydrogens is 395 g/mol. The number of hydrogen-bond donors (Lipinski definition) is 1. The zero-order chi connectivity index (χ0) is 13.6. The third-order valence-electron chi connectivity index (χ3n) is 2.79. The highest BCUT2D eigenvalue weighted by atomic mass is 79.9. The van der Waals surface area contributed by atoms with Gasteiger partial charge in [-0.25, -0.2) is 4.39 Å². The standard InChI is InChI=1S/C13H7Br2FN2S/c14-7-2-1-3-8(4-7)18-12-5-9(15)10(16)6-11(12)17-13(18)19/h1-6H,(H,17,19). The van der Waals surface area contributed by atoms with Crippen LogP contribution in [0.3, 0.4) is 0 Å². The second-order valence-electron chi connectivity index (χ2n) is 4.03. The van der Waals surface area contributed by atoms with Crippen LogP contribution in [0.15, 0.2) is 45.3 Å². The van der Waals surface area contributed by atoms with Crippen LogP contribution in [0.4, 0.5) is 4.39 Å². The molecule has 1 heterocycles. The smallest absolute Gasteiger partial charge is 0.182 e. The maximum Gasteiger partial charge on any atom is 0.182 e. The molecule has 0 amide bonds. The van der Waals surface area contributed by atoms with Crippen LogP contribution in [0.5, 0.6) is 0 Å². The number of aromatic nitrogens is 2. The molecule has 3 rings (SSSR count). The van der Waals surface area contributed by atoms with E-state index in [-0.39, 0.29) is 5.82 Å². The van der Waals surface area contributed by atoms with Gasteiger partial charge < -0.3 is 4.98 Å². The molecule has 0 saturated heterocycles. The van der Waals surface area contributed by atoms with Gasteiger partial charge in [-0.15, -0.1) is 0 Å². The highest BCUT2D eigenvalue weighted by Gasteiger charge is 2.10. The Morgan fingerprint density at radius 2 is 1.95 bits per heavy atom. The Labute approximate surface area is 130 Å². The fourth-order valence-corrected chi connectivity index (χ4v) is 3.01. The lowest BCUT2D eigenvalue weighted by Gasteiger charge is -2.05. The summed E-state index contributed by atoms with van der Waals surface area (Å²) in [6.45, 7) is 0. The van der Waals surface area contributed by atoms with Gasteiger partial charge >= 0.3 is 0 Å². The summed E-state index contributed by atoms with van der Waals surface area (Å²) in [5.41, 5.74) is 2.42. The number of imidazole rings is 1. The van der Waals surface area contributed by atoms with Crippen molar-refractivity contribution in [1.82, 2.24) is 9.55 Å². The van der Waals surface area contributed by atoms with Crippen molar-refractivity contribution in [1.29, 1.82) is 0 Å². The zero-order valence-corrected chi connectivity index (χ0v) is 13.4. The molecule has 2 nitrogen and oxygen atoms in total. The fourth-order valence-electron chi connectivity index (χ4n) is 1.97. The topological polar surface area (TPSA) is 20.7 Å². The van der Waals surface area contributed by atoms with E-state index < -0.39 is 0 Å². The van der Waals surface area contributed by atoms with E-state index in [2.05, 4.69) is 36.8 Å². The summed E-state index contributed by atoms with van der Waals surface area (Å²) >= 11 is 12.0. The minimum absolute atomic E-state index is 0.315. The average Bonchev–Trinajstić information content (AvgIpc) is 2.65. The summed E-state index contributed by atoms with van der Waals surface area (Å²) in [6.07, 6.45) is 0. The van der Waals surface area contributed by atoms with Gasteiger partial charge in [0.1, 0.15) is 5.82 Å². The van der Waals surface area contributed by atoms with Crippen LogP contribution in [0, 0.1) is 10.6 Å². The number of rotatable bonds is 1. The van der Waals surface area contributed by atoms with Crippen LogP contribution in [0.1, 0.15) is 0 Å². The van der Waals surface area contributed by atoms with E-state index in [9.17, 15) is 4.39 Å². The number of fused-ring (bicyclic) bond motifs is 1. The van der Waals surface area contributed by atoms with Crippen LogP contribution < -0.4 is 0 Å². The van der Waals surface area contributed by atoms with E-state index in [4.69, 9.17) is 12.2 Å². The molecule has 0 atom stereocenters. The SMILES string of the molecule is Fc1cc2[nH]c(=S)n(-c3cccc(Br)c3)c2cc1Br. The third-order valence-corrected chi connectivity index (χ3v) is 4.18. The molecule has 0 fully saturated rings. The summed E-state index contributed by atoms with van der Waals surface area (Å²) in [5.74, 6) is -0.315. The maximum absolute atomic E-state index is 13.5. The quantitative estimate of drug-likeness (QED) is 0.545. The molecule has 1 aromatic heterocycles. The van der Waals surface area contributed by atoms with Gasteiger partial charge in [0.2, 0.25) is 0 Å². The van der Waals surface area contributed by atoms with Crippen molar-refractivity contribution >= 4 is 55.1 Å². The predicted octanol–water partition coefficient (Wildman–Crippen LogP) is 5.35. The number of benzene rings is 2. The van der Waals surface area contributed by atoms with E-state index >= 15 is 0 Å². The number of aromatic amines is 1. The van der Waals surface area contributed by atoms with Gasteiger partial charge in [-0.2, -0.15) is 0 Å². The van der Waals surface area contributed by atoms with Gasteiger partial charge in [-0.3, -0.25) is 4.57 Å². The third kappa shape index (κ3) is 2.28. The highest BCUT2D eigenvalue weighted by Crippen LogP contribution is 2.26. The lowest BCUT2D eigenvalue weighted by Crippen LogP contribution is -1.93. The van der Waals surface area contributed by atoms with Crippen molar-refractivity contribution in [2.24, 2.45) is 0 Å². The van der Waals surface area contributed by atoms with E-state index in [0.717, 1.165) is 15.7 Å². The van der Waals surface area contributed by atoms with Crippen molar-refractivity contribution in [2.75, 3.05) is 0 Å². The maximum atomic E-state index is 13.5. The van der Waals surface area contributed by atoms with Gasteiger partial charge in [0.05, 0.1) is 15.5 Å². The minimum Gasteiger partial charge on any atom is -0.330 e. The van der Waals surface area contributed by atoms with Crippen molar-refractivity contribution in [3.63, 3.8) is 0 Å². The lowest BCUT2D eigenvalue weighted by atomic mass is 10.3. The molecule has 19 heavy (non-hydrogen) atoms. The van der Waals surface area contributed by atoms with Crippen LogP contribution in [0.25, 0.3) is 16.7 Å². The van der Waals surface area contributed by atoms with E-state index in [1.54, 1.807) is 6.07 Å². The first-order valence-corrected chi connectivity index (χ1v) is 7.41. The molecule has 0 bridgehead atoms. The van der Waals surface area contributed by atoms with Crippen molar-refractivity contribution < 1.29 is 4.39 Å². The van der Waals surface area contributed by atoms with Gasteiger partial charge in [-0.05, 0) is 52.4 Å². The number of nitrogens with zero attached hydrogens (tertiary/aromatic N) is 1. The number of hydrogen-bond acceptors (Lipinski definition) is 1. The molecule has 96 valence electrons. The molecule has 2 aromatic carbocycles.